The molecule has 2 aromatic heterocycles. The molecule has 3 heterocycles. The van der Waals surface area contributed by atoms with Crippen molar-refractivity contribution in [3.63, 3.8) is 0 Å². The number of benzene rings is 1. The Hall–Kier alpha value is -3.03. The molecule has 12 heteroatoms. The third-order valence-electron chi connectivity index (χ3n) is 5.19. The number of nitrogens with two attached hydrogens (primary N) is 1. The molecule has 1 aromatic carbocycles. The Morgan fingerprint density at radius 2 is 1.97 bits per heavy atom. The lowest BCUT2D eigenvalue weighted by molar-refractivity contribution is -0.0511. The monoisotopic (exact) mass is 432 g/mol. The SMILES string of the molecule is COc1ccc(C(O)CNc2nc(N)c3ncn([C@@H]4O[C@H](CO)[C@@H](O)[C@H]4O)c3n2)cc1. The highest BCUT2D eigenvalue weighted by Gasteiger charge is 2.44. The molecule has 1 aliphatic heterocycles. The van der Waals surface area contributed by atoms with Crippen LogP contribution in [-0.4, -0.2) is 78.5 Å². The first kappa shape index (κ1) is 21.2. The topological polar surface area (TPSA) is 181 Å². The van der Waals surface area contributed by atoms with E-state index in [-0.39, 0.29) is 24.0 Å². The van der Waals surface area contributed by atoms with Gasteiger partial charge in [0.15, 0.2) is 17.7 Å². The Morgan fingerprint density at radius 3 is 2.61 bits per heavy atom. The molecule has 0 saturated carbocycles. The van der Waals surface area contributed by atoms with Gasteiger partial charge in [0.25, 0.3) is 0 Å². The molecule has 1 aliphatic rings. The van der Waals surface area contributed by atoms with E-state index in [9.17, 15) is 20.4 Å². The zero-order valence-electron chi connectivity index (χ0n) is 16.7. The van der Waals surface area contributed by atoms with Crippen LogP contribution < -0.4 is 15.8 Å². The summed E-state index contributed by atoms with van der Waals surface area (Å²) in [6.07, 6.45) is -3.97. The van der Waals surface area contributed by atoms with Crippen LogP contribution in [0.2, 0.25) is 0 Å². The van der Waals surface area contributed by atoms with Gasteiger partial charge in [-0.2, -0.15) is 9.97 Å². The maximum atomic E-state index is 10.4. The van der Waals surface area contributed by atoms with Crippen molar-refractivity contribution in [1.82, 2.24) is 19.5 Å². The average molecular weight is 432 g/mol. The minimum absolute atomic E-state index is 0.0944. The first-order chi connectivity index (χ1) is 14.9. The fourth-order valence-electron chi connectivity index (χ4n) is 3.45. The Labute approximate surface area is 176 Å². The number of fused-ring (bicyclic) bond motifs is 1. The second-order valence-corrected chi connectivity index (χ2v) is 7.16. The molecule has 31 heavy (non-hydrogen) atoms. The van der Waals surface area contributed by atoms with Gasteiger partial charge in [0.2, 0.25) is 5.95 Å². The minimum Gasteiger partial charge on any atom is -0.497 e. The molecule has 0 amide bonds. The molecule has 1 unspecified atom stereocenters. The third-order valence-corrected chi connectivity index (χ3v) is 5.19. The summed E-state index contributed by atoms with van der Waals surface area (Å²) in [6.45, 7) is -0.339. The highest BCUT2D eigenvalue weighted by atomic mass is 16.6. The predicted molar refractivity (Wildman–Crippen MR) is 109 cm³/mol. The highest BCUT2D eigenvalue weighted by molar-refractivity contribution is 5.83. The van der Waals surface area contributed by atoms with E-state index in [2.05, 4.69) is 20.3 Å². The van der Waals surface area contributed by atoms with E-state index in [1.807, 2.05) is 0 Å². The van der Waals surface area contributed by atoms with Gasteiger partial charge in [-0.1, -0.05) is 12.1 Å². The fourth-order valence-corrected chi connectivity index (χ4v) is 3.45. The maximum Gasteiger partial charge on any atom is 0.226 e. The van der Waals surface area contributed by atoms with Crippen LogP contribution in [0.4, 0.5) is 11.8 Å². The van der Waals surface area contributed by atoms with E-state index in [1.54, 1.807) is 31.4 Å². The van der Waals surface area contributed by atoms with Gasteiger partial charge in [-0.05, 0) is 17.7 Å². The van der Waals surface area contributed by atoms with Gasteiger partial charge in [-0.25, -0.2) is 4.98 Å². The molecule has 3 aromatic rings. The molecular formula is C19H24N6O6. The number of ether oxygens (including phenoxy) is 2. The molecule has 12 nitrogen and oxygen atoms in total. The summed E-state index contributed by atoms with van der Waals surface area (Å²) in [5.41, 5.74) is 7.24. The molecule has 0 spiro atoms. The first-order valence-electron chi connectivity index (χ1n) is 9.61. The van der Waals surface area contributed by atoms with Gasteiger partial charge in [-0.15, -0.1) is 0 Å². The lowest BCUT2D eigenvalue weighted by atomic mass is 10.1. The standard InChI is InChI=1S/C19H24N6O6/c1-30-10-4-2-9(3-5-10)11(27)6-21-19-23-16(20)13-17(24-19)25(8-22-13)18-15(29)14(28)12(7-26)31-18/h2-5,8,11-12,14-15,18,26-29H,6-7H2,1H3,(H3,20,21,23,24)/t11?,12-,14-,15-,18-/m1/s1. The summed E-state index contributed by atoms with van der Waals surface area (Å²) >= 11 is 0. The van der Waals surface area contributed by atoms with E-state index >= 15 is 0 Å². The number of nitrogens with zero attached hydrogens (tertiary/aromatic N) is 4. The number of aromatic nitrogens is 4. The van der Waals surface area contributed by atoms with Gasteiger partial charge in [0.05, 0.1) is 26.1 Å². The van der Waals surface area contributed by atoms with Gasteiger partial charge in [0.1, 0.15) is 29.6 Å². The molecule has 0 radical (unpaired) electrons. The van der Waals surface area contributed by atoms with Crippen molar-refractivity contribution in [1.29, 1.82) is 0 Å². The minimum atomic E-state index is -1.29. The third kappa shape index (κ3) is 3.98. The Balaban J connectivity index is 1.55. The lowest BCUT2D eigenvalue weighted by Gasteiger charge is -2.17. The van der Waals surface area contributed by atoms with Gasteiger partial charge in [-0.3, -0.25) is 4.57 Å². The van der Waals surface area contributed by atoms with E-state index in [0.717, 1.165) is 0 Å². The quantitative estimate of drug-likeness (QED) is 0.274. The fraction of sp³-hybridized carbons (Fsp3) is 0.421. The van der Waals surface area contributed by atoms with Crippen LogP contribution in [0.15, 0.2) is 30.6 Å². The number of aliphatic hydroxyl groups excluding tert-OH is 4. The van der Waals surface area contributed by atoms with Crippen LogP contribution in [0.25, 0.3) is 11.2 Å². The summed E-state index contributed by atoms with van der Waals surface area (Å²) in [6, 6.07) is 7.00. The van der Waals surface area contributed by atoms with Crippen LogP contribution in [0.1, 0.15) is 17.9 Å². The smallest absolute Gasteiger partial charge is 0.226 e. The molecule has 166 valence electrons. The maximum absolute atomic E-state index is 10.4. The first-order valence-corrected chi connectivity index (χ1v) is 9.61. The Kier molecular flexibility index (Phi) is 5.89. The van der Waals surface area contributed by atoms with Gasteiger partial charge >= 0.3 is 0 Å². The summed E-state index contributed by atoms with van der Waals surface area (Å²) in [5.74, 6) is 0.923. The number of hydrogen-bond acceptors (Lipinski definition) is 11. The van der Waals surface area contributed by atoms with E-state index in [4.69, 9.17) is 15.2 Å². The van der Waals surface area contributed by atoms with Crippen LogP contribution >= 0.6 is 0 Å². The zero-order chi connectivity index (χ0) is 22.1. The van der Waals surface area contributed by atoms with Gasteiger partial charge in [0, 0.05) is 6.54 Å². The van der Waals surface area contributed by atoms with Crippen molar-refractivity contribution in [2.45, 2.75) is 30.6 Å². The van der Waals surface area contributed by atoms with Crippen molar-refractivity contribution in [3.8, 4) is 5.75 Å². The number of aliphatic hydroxyl groups is 4. The zero-order valence-corrected chi connectivity index (χ0v) is 16.7. The number of hydrogen-bond donors (Lipinski definition) is 6. The van der Waals surface area contributed by atoms with Crippen LogP contribution in [0, 0.1) is 0 Å². The number of rotatable bonds is 7. The molecule has 4 rings (SSSR count). The molecular weight excluding hydrogens is 408 g/mol. The van der Waals surface area contributed by atoms with Crippen LogP contribution in [0.5, 0.6) is 5.75 Å². The van der Waals surface area contributed by atoms with E-state index in [1.165, 1.54) is 10.9 Å². The van der Waals surface area contributed by atoms with Crippen LogP contribution in [-0.2, 0) is 4.74 Å². The second-order valence-electron chi connectivity index (χ2n) is 7.16. The highest BCUT2D eigenvalue weighted by Crippen LogP contribution is 2.32. The van der Waals surface area contributed by atoms with Crippen molar-refractivity contribution >= 4 is 22.9 Å². The van der Waals surface area contributed by atoms with Gasteiger partial charge < -0.3 is 41.0 Å². The Bertz CT molecular complexity index is 1040. The number of imidazole rings is 1. The predicted octanol–water partition coefficient (Wildman–Crippen LogP) is -0.826. The molecule has 1 saturated heterocycles. The molecule has 0 aliphatic carbocycles. The molecule has 1 fully saturated rings. The summed E-state index contributed by atoms with van der Waals surface area (Å²) in [4.78, 5) is 12.7. The number of nitrogens with one attached hydrogen (secondary N) is 1. The van der Waals surface area contributed by atoms with E-state index < -0.39 is 37.3 Å². The van der Waals surface area contributed by atoms with Crippen molar-refractivity contribution in [2.24, 2.45) is 0 Å². The van der Waals surface area contributed by atoms with Crippen molar-refractivity contribution in [2.75, 3.05) is 31.3 Å². The lowest BCUT2D eigenvalue weighted by Crippen LogP contribution is -2.33. The van der Waals surface area contributed by atoms with Crippen molar-refractivity contribution in [3.05, 3.63) is 36.2 Å². The number of anilines is 2. The Morgan fingerprint density at radius 1 is 1.23 bits per heavy atom. The number of nitrogen functional groups attached to an aromatic ring is 1. The largest absolute Gasteiger partial charge is 0.497 e. The number of methoxy groups -OCH3 is 1. The molecule has 0 bridgehead atoms. The normalized spacial score (nSPS) is 24.4. The summed E-state index contributed by atoms with van der Waals surface area (Å²) in [7, 11) is 1.57. The molecule has 7 N–H and O–H groups in total. The summed E-state index contributed by atoms with van der Waals surface area (Å²) < 4.78 is 12.1. The summed E-state index contributed by atoms with van der Waals surface area (Å²) in [5, 5.41) is 43.0. The van der Waals surface area contributed by atoms with E-state index in [0.29, 0.717) is 16.8 Å². The van der Waals surface area contributed by atoms with Crippen molar-refractivity contribution < 1.29 is 29.9 Å². The molecule has 5 atom stereocenters. The second kappa shape index (κ2) is 8.61. The van der Waals surface area contributed by atoms with Crippen LogP contribution in [0.3, 0.4) is 0 Å². The average Bonchev–Trinajstić information content (AvgIpc) is 3.33.